The number of nitrogens with zero attached hydrogens (tertiary/aromatic N) is 2. The zero-order chi connectivity index (χ0) is 25.7. The molecule has 36 heavy (non-hydrogen) atoms. The summed E-state index contributed by atoms with van der Waals surface area (Å²) in [5, 5.41) is 0. The molecule has 2 bridgehead atoms. The van der Waals surface area contributed by atoms with Crippen LogP contribution in [0.15, 0.2) is 70.4 Å². The number of rotatable bonds is 5. The maximum atomic E-state index is 13.3. The summed E-state index contributed by atoms with van der Waals surface area (Å²) in [4.78, 5) is 13.5. The maximum absolute atomic E-state index is 13.3. The van der Waals surface area contributed by atoms with Crippen molar-refractivity contribution in [2.45, 2.75) is 30.1 Å². The molecule has 3 aromatic rings. The Labute approximate surface area is 205 Å². The predicted molar refractivity (Wildman–Crippen MR) is 125 cm³/mol. The van der Waals surface area contributed by atoms with Gasteiger partial charge in [0.15, 0.2) is 0 Å². The lowest BCUT2D eigenvalue weighted by Gasteiger charge is -2.42. The maximum Gasteiger partial charge on any atom is 0.573 e. The van der Waals surface area contributed by atoms with Crippen molar-refractivity contribution in [1.29, 1.82) is 0 Å². The molecule has 5 rings (SSSR count). The van der Waals surface area contributed by atoms with Crippen LogP contribution in [-0.4, -0.2) is 43.9 Å². The predicted octanol–water partition coefficient (Wildman–Crippen LogP) is 4.23. The molecule has 0 amide bonds. The first-order valence-electron chi connectivity index (χ1n) is 11.3. The Kier molecular flexibility index (Phi) is 6.08. The summed E-state index contributed by atoms with van der Waals surface area (Å²) in [5.41, 5.74) is 1.34. The molecule has 1 fully saturated rings. The Morgan fingerprint density at radius 3 is 2.19 bits per heavy atom. The van der Waals surface area contributed by atoms with E-state index in [9.17, 15) is 26.4 Å². The average molecular weight is 521 g/mol. The molecular weight excluding hydrogens is 497 g/mol. The highest BCUT2D eigenvalue weighted by Crippen LogP contribution is 2.38. The van der Waals surface area contributed by atoms with E-state index in [1.54, 1.807) is 28.8 Å². The second-order valence-corrected chi connectivity index (χ2v) is 10.9. The van der Waals surface area contributed by atoms with Gasteiger partial charge in [-0.2, -0.15) is 4.31 Å². The Hall–Kier alpha value is -3.31. The number of piperidine rings is 1. The van der Waals surface area contributed by atoms with Crippen molar-refractivity contribution in [3.63, 3.8) is 0 Å². The number of ether oxygens (including phenoxy) is 2. The summed E-state index contributed by atoms with van der Waals surface area (Å²) in [6.45, 7) is 0.917. The molecule has 0 unspecified atom stereocenters. The highest BCUT2D eigenvalue weighted by atomic mass is 32.2. The van der Waals surface area contributed by atoms with Crippen molar-refractivity contribution in [2.75, 3.05) is 20.2 Å². The number of sulfonamides is 1. The van der Waals surface area contributed by atoms with Crippen molar-refractivity contribution in [3.05, 3.63) is 76.7 Å². The van der Waals surface area contributed by atoms with Crippen molar-refractivity contribution in [3.8, 4) is 22.6 Å². The third-order valence-electron chi connectivity index (χ3n) is 6.67. The molecule has 0 aliphatic carbocycles. The number of alkyl halides is 3. The molecule has 2 atom stereocenters. The minimum absolute atomic E-state index is 0.0419. The Morgan fingerprint density at radius 2 is 1.56 bits per heavy atom. The average Bonchev–Trinajstić information content (AvgIpc) is 2.84. The second-order valence-electron chi connectivity index (χ2n) is 8.96. The van der Waals surface area contributed by atoms with Crippen LogP contribution >= 0.6 is 0 Å². The molecule has 2 aliphatic heterocycles. The van der Waals surface area contributed by atoms with Gasteiger partial charge in [0.05, 0.1) is 12.0 Å². The lowest BCUT2D eigenvalue weighted by atomic mass is 9.84. The standard InChI is InChI=1S/C25H23F3N2O5S/c1-34-19-6-8-21(9-7-19)36(32,33)29-13-16-12-18(15-29)23-11-10-22(24(31)30(23)14-16)17-2-4-20(5-3-17)35-25(26,27)28/h2-11,16,18H,12-15H2,1H3/t16-,18-/m1/s1. The van der Waals surface area contributed by atoms with E-state index in [-0.39, 0.29) is 34.6 Å². The Bertz CT molecular complexity index is 1430. The molecule has 0 spiro atoms. The minimum atomic E-state index is -4.79. The van der Waals surface area contributed by atoms with E-state index >= 15 is 0 Å². The van der Waals surface area contributed by atoms with Crippen LogP contribution in [0.25, 0.3) is 11.1 Å². The zero-order valence-corrected chi connectivity index (χ0v) is 20.1. The molecule has 7 nitrogen and oxygen atoms in total. The van der Waals surface area contributed by atoms with E-state index in [0.717, 1.165) is 12.1 Å². The molecule has 2 aliphatic rings. The topological polar surface area (TPSA) is 77.8 Å². The number of hydrogen-bond acceptors (Lipinski definition) is 5. The quantitative estimate of drug-likeness (QED) is 0.503. The highest BCUT2D eigenvalue weighted by molar-refractivity contribution is 7.89. The largest absolute Gasteiger partial charge is 0.573 e. The third kappa shape index (κ3) is 4.60. The third-order valence-corrected chi connectivity index (χ3v) is 8.51. The van der Waals surface area contributed by atoms with Crippen LogP contribution in [0.5, 0.6) is 11.5 Å². The lowest BCUT2D eigenvalue weighted by molar-refractivity contribution is -0.274. The van der Waals surface area contributed by atoms with E-state index in [4.69, 9.17) is 4.74 Å². The van der Waals surface area contributed by atoms with Gasteiger partial charge in [-0.05, 0) is 66.4 Å². The number of benzene rings is 2. The van der Waals surface area contributed by atoms with Gasteiger partial charge in [0.25, 0.3) is 5.56 Å². The summed E-state index contributed by atoms with van der Waals surface area (Å²) in [7, 11) is -2.20. The number of methoxy groups -OCH3 is 1. The zero-order valence-electron chi connectivity index (χ0n) is 19.2. The number of aromatic nitrogens is 1. The number of hydrogen-bond donors (Lipinski definition) is 0. The van der Waals surface area contributed by atoms with Crippen molar-refractivity contribution >= 4 is 10.0 Å². The van der Waals surface area contributed by atoms with Crippen LogP contribution in [0.1, 0.15) is 18.0 Å². The van der Waals surface area contributed by atoms with E-state index in [1.165, 1.54) is 47.8 Å². The van der Waals surface area contributed by atoms with E-state index in [0.29, 0.717) is 30.0 Å². The summed E-state index contributed by atoms with van der Waals surface area (Å²) in [5.74, 6) is 0.0164. The molecule has 11 heteroatoms. The summed E-state index contributed by atoms with van der Waals surface area (Å²) in [6.07, 6.45) is -4.02. The summed E-state index contributed by atoms with van der Waals surface area (Å²) < 4.78 is 76.1. The van der Waals surface area contributed by atoms with E-state index < -0.39 is 16.4 Å². The van der Waals surface area contributed by atoms with Gasteiger partial charge in [-0.25, -0.2) is 8.42 Å². The van der Waals surface area contributed by atoms with Crippen molar-refractivity contribution in [1.82, 2.24) is 8.87 Å². The molecule has 1 saturated heterocycles. The lowest BCUT2D eigenvalue weighted by Crippen LogP contribution is -2.49. The normalized spacial score (nSPS) is 20.0. The second kappa shape index (κ2) is 8.97. The first-order valence-corrected chi connectivity index (χ1v) is 12.7. The van der Waals surface area contributed by atoms with Crippen LogP contribution in [0.3, 0.4) is 0 Å². The molecule has 0 N–H and O–H groups in total. The van der Waals surface area contributed by atoms with Crippen molar-refractivity contribution in [2.24, 2.45) is 5.92 Å². The van der Waals surface area contributed by atoms with Crippen LogP contribution in [0.2, 0.25) is 0 Å². The molecular formula is C25H23F3N2O5S. The van der Waals surface area contributed by atoms with Crippen LogP contribution in [0, 0.1) is 5.92 Å². The van der Waals surface area contributed by atoms with Gasteiger partial charge in [-0.1, -0.05) is 12.1 Å². The van der Waals surface area contributed by atoms with Gasteiger partial charge in [0, 0.05) is 36.8 Å². The SMILES string of the molecule is COc1ccc(S(=O)(=O)N2C[C@H]3C[C@H](C2)c2ccc(-c4ccc(OC(F)(F)F)cc4)c(=O)n2C3)cc1. The molecule has 3 heterocycles. The monoisotopic (exact) mass is 520 g/mol. The number of pyridine rings is 1. The van der Waals surface area contributed by atoms with Gasteiger partial charge < -0.3 is 14.0 Å². The highest BCUT2D eigenvalue weighted by Gasteiger charge is 2.40. The number of halogens is 3. The van der Waals surface area contributed by atoms with Crippen LogP contribution < -0.4 is 15.0 Å². The van der Waals surface area contributed by atoms with Gasteiger partial charge in [-0.3, -0.25) is 4.79 Å². The van der Waals surface area contributed by atoms with Gasteiger partial charge in [-0.15, -0.1) is 13.2 Å². The van der Waals surface area contributed by atoms with Gasteiger partial charge >= 0.3 is 6.36 Å². The van der Waals surface area contributed by atoms with Crippen molar-refractivity contribution < 1.29 is 31.1 Å². The summed E-state index contributed by atoms with van der Waals surface area (Å²) >= 11 is 0. The van der Waals surface area contributed by atoms with E-state index in [1.807, 2.05) is 0 Å². The fourth-order valence-electron chi connectivity index (χ4n) is 5.05. The fraction of sp³-hybridized carbons (Fsp3) is 0.320. The fourth-order valence-corrected chi connectivity index (χ4v) is 6.61. The first-order chi connectivity index (χ1) is 17.0. The van der Waals surface area contributed by atoms with E-state index in [2.05, 4.69) is 4.74 Å². The van der Waals surface area contributed by atoms with Crippen LogP contribution in [0.4, 0.5) is 13.2 Å². The molecule has 2 aromatic carbocycles. The van der Waals surface area contributed by atoms with Gasteiger partial charge in [0.2, 0.25) is 10.0 Å². The molecule has 0 radical (unpaired) electrons. The molecule has 1 aromatic heterocycles. The Balaban J connectivity index is 1.41. The minimum Gasteiger partial charge on any atom is -0.497 e. The summed E-state index contributed by atoms with van der Waals surface area (Å²) in [6, 6.07) is 14.9. The number of fused-ring (bicyclic) bond motifs is 4. The Morgan fingerprint density at radius 1 is 0.889 bits per heavy atom. The molecule has 190 valence electrons. The smallest absolute Gasteiger partial charge is 0.497 e. The van der Waals surface area contributed by atoms with Crippen LogP contribution in [-0.2, 0) is 16.6 Å². The molecule has 0 saturated carbocycles. The first kappa shape index (κ1) is 24.4. The van der Waals surface area contributed by atoms with Gasteiger partial charge in [0.1, 0.15) is 11.5 Å².